The molecule has 64 valence electrons. The molecule has 0 saturated carbocycles. The number of hydrogen-bond acceptors (Lipinski definition) is 4. The van der Waals surface area contributed by atoms with Gasteiger partial charge in [0.15, 0.2) is 0 Å². The Balaban J connectivity index is 2.43. The van der Waals surface area contributed by atoms with Gasteiger partial charge in [-0.3, -0.25) is 14.8 Å². The Labute approximate surface area is 63.7 Å². The summed E-state index contributed by atoms with van der Waals surface area (Å²) in [4.78, 5) is 9.45. The van der Waals surface area contributed by atoms with Crippen molar-refractivity contribution in [1.82, 2.24) is 0 Å². The highest BCUT2D eigenvalue weighted by molar-refractivity contribution is 4.46. The summed E-state index contributed by atoms with van der Waals surface area (Å²) in [5, 5.41) is 21.4. The summed E-state index contributed by atoms with van der Waals surface area (Å²) in [5.41, 5.74) is 0. The van der Waals surface area contributed by atoms with E-state index in [1.54, 1.807) is 0 Å². The lowest BCUT2D eigenvalue weighted by molar-refractivity contribution is -0.958. The number of hydroxylamine groups is 3. The zero-order valence-corrected chi connectivity index (χ0v) is 6.06. The third-order valence-electron chi connectivity index (χ3n) is 1.66. The lowest BCUT2D eigenvalue weighted by Gasteiger charge is -2.40. The first-order valence-corrected chi connectivity index (χ1v) is 3.39. The molecule has 6 nitrogen and oxygen atoms in total. The number of rotatable bonds is 2. The van der Waals surface area contributed by atoms with E-state index < -0.39 is 16.2 Å². The minimum Gasteiger partial charge on any atom is -0.628 e. The van der Waals surface area contributed by atoms with E-state index >= 15 is 0 Å². The zero-order valence-electron chi connectivity index (χ0n) is 6.06. The van der Waals surface area contributed by atoms with Gasteiger partial charge in [-0.2, -0.15) is 0 Å². The number of morpholine rings is 1. The Morgan fingerprint density at radius 1 is 1.45 bits per heavy atom. The van der Waals surface area contributed by atoms with Crippen LogP contribution in [0.1, 0.15) is 0 Å². The van der Waals surface area contributed by atoms with Gasteiger partial charge < -0.3 is 9.94 Å². The average molecular weight is 162 g/mol. The second-order valence-electron chi connectivity index (χ2n) is 2.59. The fourth-order valence-electron chi connectivity index (χ4n) is 1.03. The summed E-state index contributed by atoms with van der Waals surface area (Å²) in [6.07, 6.45) is 0. The molecular weight excluding hydrogens is 152 g/mol. The van der Waals surface area contributed by atoms with Crippen LogP contribution in [0.4, 0.5) is 0 Å². The van der Waals surface area contributed by atoms with Crippen molar-refractivity contribution < 1.29 is 14.3 Å². The maximum Gasteiger partial charge on any atom is 0.328 e. The molecule has 0 N–H and O–H groups in total. The van der Waals surface area contributed by atoms with Gasteiger partial charge >= 0.3 is 6.67 Å². The van der Waals surface area contributed by atoms with Crippen LogP contribution in [0.25, 0.3) is 0 Å². The van der Waals surface area contributed by atoms with Gasteiger partial charge in [0.1, 0.15) is 13.1 Å². The molecule has 0 unspecified atom stereocenters. The molecule has 1 saturated heterocycles. The molecule has 0 atom stereocenters. The Bertz CT molecular complexity index is 155. The molecule has 0 aromatic carbocycles. The van der Waals surface area contributed by atoms with Crippen molar-refractivity contribution >= 4 is 0 Å². The molecule has 1 aliphatic rings. The normalized spacial score (nSPS) is 23.0. The van der Waals surface area contributed by atoms with Crippen LogP contribution in [0.2, 0.25) is 0 Å². The van der Waals surface area contributed by atoms with Crippen molar-refractivity contribution in [2.45, 2.75) is 0 Å². The van der Waals surface area contributed by atoms with Crippen LogP contribution in [0.3, 0.4) is 0 Å². The second kappa shape index (κ2) is 3.12. The van der Waals surface area contributed by atoms with Crippen LogP contribution >= 0.6 is 0 Å². The molecule has 0 radical (unpaired) electrons. The van der Waals surface area contributed by atoms with E-state index in [-0.39, 0.29) is 13.1 Å². The maximum absolute atomic E-state index is 11.3. The molecule has 0 aromatic rings. The van der Waals surface area contributed by atoms with Crippen molar-refractivity contribution in [3.8, 4) is 0 Å². The number of nitro groups is 1. The van der Waals surface area contributed by atoms with Crippen molar-refractivity contribution in [2.75, 3.05) is 33.0 Å². The lowest BCUT2D eigenvalue weighted by atomic mass is 10.4. The lowest BCUT2D eigenvalue weighted by Crippen LogP contribution is -2.52. The zero-order chi connectivity index (χ0) is 8.32. The molecular formula is C5H10N2O4. The highest BCUT2D eigenvalue weighted by Crippen LogP contribution is 2.07. The van der Waals surface area contributed by atoms with Gasteiger partial charge in [-0.05, 0) is 0 Å². The quantitative estimate of drug-likeness (QED) is 0.239. The van der Waals surface area contributed by atoms with Crippen molar-refractivity contribution in [3.63, 3.8) is 0 Å². The van der Waals surface area contributed by atoms with Crippen LogP contribution < -0.4 is 0 Å². The molecule has 1 fully saturated rings. The van der Waals surface area contributed by atoms with Crippen LogP contribution in [0.15, 0.2) is 0 Å². The molecule has 0 amide bonds. The van der Waals surface area contributed by atoms with Crippen LogP contribution in [-0.2, 0) is 4.74 Å². The van der Waals surface area contributed by atoms with Crippen molar-refractivity contribution in [2.24, 2.45) is 0 Å². The maximum atomic E-state index is 11.3. The SMILES string of the molecule is O=[N+]([O-])C[N+]1([O-])CCOCC1. The van der Waals surface area contributed by atoms with Gasteiger partial charge in [0.2, 0.25) is 0 Å². The van der Waals surface area contributed by atoms with Gasteiger partial charge in [-0.1, -0.05) is 0 Å². The summed E-state index contributed by atoms with van der Waals surface area (Å²) >= 11 is 0. The van der Waals surface area contributed by atoms with Crippen LogP contribution in [-0.4, -0.2) is 42.5 Å². The minimum absolute atomic E-state index is 0.195. The van der Waals surface area contributed by atoms with Crippen molar-refractivity contribution in [1.29, 1.82) is 0 Å². The summed E-state index contributed by atoms with van der Waals surface area (Å²) < 4.78 is 4.17. The fourth-order valence-corrected chi connectivity index (χ4v) is 1.03. The molecule has 1 aliphatic heterocycles. The van der Waals surface area contributed by atoms with E-state index in [1.165, 1.54) is 0 Å². The van der Waals surface area contributed by atoms with E-state index in [0.29, 0.717) is 13.2 Å². The van der Waals surface area contributed by atoms with Crippen LogP contribution in [0.5, 0.6) is 0 Å². The molecule has 0 bridgehead atoms. The predicted octanol–water partition coefficient (Wildman–Crippen LogP) is -0.435. The molecule has 0 spiro atoms. The van der Waals surface area contributed by atoms with E-state index in [0.717, 1.165) is 0 Å². The minimum atomic E-state index is -0.743. The predicted molar refractivity (Wildman–Crippen MR) is 36.0 cm³/mol. The first-order valence-electron chi connectivity index (χ1n) is 3.39. The largest absolute Gasteiger partial charge is 0.628 e. The van der Waals surface area contributed by atoms with Gasteiger partial charge in [0.25, 0.3) is 0 Å². The highest BCUT2D eigenvalue weighted by atomic mass is 16.7. The monoisotopic (exact) mass is 162 g/mol. The summed E-state index contributed by atoms with van der Waals surface area (Å²) in [6, 6.07) is 0. The van der Waals surface area contributed by atoms with E-state index in [1.807, 2.05) is 0 Å². The van der Waals surface area contributed by atoms with Crippen molar-refractivity contribution in [3.05, 3.63) is 15.3 Å². The number of ether oxygens (including phenoxy) is 1. The Morgan fingerprint density at radius 3 is 2.45 bits per heavy atom. The Kier molecular flexibility index (Phi) is 2.38. The highest BCUT2D eigenvalue weighted by Gasteiger charge is 2.25. The smallest absolute Gasteiger partial charge is 0.328 e. The first-order chi connectivity index (χ1) is 5.12. The fraction of sp³-hybridized carbons (Fsp3) is 1.00. The second-order valence-corrected chi connectivity index (χ2v) is 2.59. The molecule has 0 aromatic heterocycles. The van der Waals surface area contributed by atoms with Gasteiger partial charge in [-0.15, -0.1) is 0 Å². The molecule has 6 heteroatoms. The summed E-state index contributed by atoms with van der Waals surface area (Å²) in [6.45, 7) is 0.514. The third kappa shape index (κ3) is 2.41. The molecule has 0 aliphatic carbocycles. The molecule has 1 rings (SSSR count). The third-order valence-corrected chi connectivity index (χ3v) is 1.66. The van der Waals surface area contributed by atoms with Gasteiger partial charge in [-0.25, -0.2) is 0 Å². The molecule has 11 heavy (non-hydrogen) atoms. The van der Waals surface area contributed by atoms with Crippen LogP contribution in [0, 0.1) is 15.3 Å². The number of nitrogens with zero attached hydrogens (tertiary/aromatic N) is 2. The van der Waals surface area contributed by atoms with Gasteiger partial charge in [0, 0.05) is 0 Å². The Hall–Kier alpha value is -0.720. The summed E-state index contributed by atoms with van der Waals surface area (Å²) in [7, 11) is 0. The average Bonchev–Trinajstić information content (AvgIpc) is 1.85. The van der Waals surface area contributed by atoms with E-state index in [4.69, 9.17) is 4.74 Å². The number of hydrogen-bond donors (Lipinski definition) is 0. The standard InChI is InChI=1S/C5H10N2O4/c8-6(9)5-7(10)1-3-11-4-2-7/h1-5H2. The van der Waals surface area contributed by atoms with E-state index in [9.17, 15) is 15.3 Å². The number of quaternary nitrogens is 1. The first kappa shape index (κ1) is 8.38. The summed E-state index contributed by atoms with van der Waals surface area (Å²) in [5.74, 6) is 0. The topological polar surface area (TPSA) is 75.4 Å². The van der Waals surface area contributed by atoms with E-state index in [2.05, 4.69) is 0 Å². The molecule has 1 heterocycles. The van der Waals surface area contributed by atoms with Gasteiger partial charge in [0.05, 0.1) is 18.1 Å². The Morgan fingerprint density at radius 2 is 2.00 bits per heavy atom.